The number of nitrogens with one attached hydrogen (secondary N) is 3. The van der Waals surface area contributed by atoms with Crippen LogP contribution in [0.2, 0.25) is 0 Å². The molecule has 0 aliphatic carbocycles. The van der Waals surface area contributed by atoms with E-state index in [2.05, 4.69) is 35.4 Å². The largest absolute Gasteiger partial charge is 0.372 e. The van der Waals surface area contributed by atoms with E-state index in [0.29, 0.717) is 29.3 Å². The molecule has 4 rings (SSSR count). The summed E-state index contributed by atoms with van der Waals surface area (Å²) in [5.41, 5.74) is 2.73. The molecule has 1 amide bonds. The lowest BCUT2D eigenvalue weighted by Gasteiger charge is -2.28. The number of piperidine rings is 1. The Balaban J connectivity index is 1.46. The maximum absolute atomic E-state index is 12.8. The van der Waals surface area contributed by atoms with Gasteiger partial charge in [0.1, 0.15) is 5.69 Å². The van der Waals surface area contributed by atoms with E-state index >= 15 is 0 Å². The van der Waals surface area contributed by atoms with Crippen LogP contribution in [0.3, 0.4) is 0 Å². The number of anilines is 3. The summed E-state index contributed by atoms with van der Waals surface area (Å²) in [4.78, 5) is 41.0. The Morgan fingerprint density at radius 1 is 1.12 bits per heavy atom. The van der Waals surface area contributed by atoms with Crippen molar-refractivity contribution in [3.8, 4) is 11.3 Å². The third kappa shape index (κ3) is 5.99. The number of hydrogen-bond acceptors (Lipinski definition) is 7. The van der Waals surface area contributed by atoms with Crippen LogP contribution in [-0.4, -0.2) is 66.0 Å². The van der Waals surface area contributed by atoms with Gasteiger partial charge in [0.2, 0.25) is 5.95 Å². The third-order valence-electron chi connectivity index (χ3n) is 5.80. The van der Waals surface area contributed by atoms with Crippen molar-refractivity contribution >= 4 is 23.2 Å². The molecule has 3 heterocycles. The molecule has 9 nitrogen and oxygen atoms in total. The predicted molar refractivity (Wildman–Crippen MR) is 136 cm³/mol. The molecule has 3 aromatic rings. The highest BCUT2D eigenvalue weighted by Crippen LogP contribution is 2.21. The Hall–Kier alpha value is -3.72. The molecule has 1 aliphatic rings. The number of pyridine rings is 1. The van der Waals surface area contributed by atoms with E-state index in [9.17, 15) is 9.59 Å². The lowest BCUT2D eigenvalue weighted by Crippen LogP contribution is -2.29. The van der Waals surface area contributed by atoms with E-state index in [1.807, 2.05) is 26.2 Å². The fraction of sp³-hybridized carbons (Fsp3) is 0.360. The predicted octanol–water partition coefficient (Wildman–Crippen LogP) is 3.05. The highest BCUT2D eigenvalue weighted by molar-refractivity contribution is 6.04. The molecule has 1 aromatic carbocycles. The summed E-state index contributed by atoms with van der Waals surface area (Å²) in [6.07, 6.45) is 6.90. The molecule has 3 N–H and O–H groups in total. The average Bonchev–Trinajstić information content (AvgIpc) is 2.86. The maximum atomic E-state index is 12.8. The van der Waals surface area contributed by atoms with Crippen molar-refractivity contribution in [2.75, 3.05) is 55.8 Å². The second-order valence-electron chi connectivity index (χ2n) is 8.68. The first-order valence-corrected chi connectivity index (χ1v) is 11.6. The van der Waals surface area contributed by atoms with Gasteiger partial charge in [0.05, 0.1) is 5.69 Å². The van der Waals surface area contributed by atoms with Gasteiger partial charge in [0.25, 0.3) is 11.5 Å². The highest BCUT2D eigenvalue weighted by atomic mass is 16.2. The van der Waals surface area contributed by atoms with Gasteiger partial charge in [-0.05, 0) is 69.8 Å². The number of aromatic nitrogens is 3. The molecular formula is C25H31N7O2. The Morgan fingerprint density at radius 2 is 1.88 bits per heavy atom. The lowest BCUT2D eigenvalue weighted by atomic mass is 10.1. The van der Waals surface area contributed by atoms with E-state index in [1.54, 1.807) is 36.7 Å². The second-order valence-corrected chi connectivity index (χ2v) is 8.68. The van der Waals surface area contributed by atoms with Crippen LogP contribution >= 0.6 is 0 Å². The zero-order chi connectivity index (χ0) is 23.9. The zero-order valence-corrected chi connectivity index (χ0v) is 19.7. The number of nitrogens with zero attached hydrogens (tertiary/aromatic N) is 4. The number of hydrogen-bond donors (Lipinski definition) is 3. The van der Waals surface area contributed by atoms with Crippen LogP contribution in [0.1, 0.15) is 29.6 Å². The van der Waals surface area contributed by atoms with Crippen LogP contribution in [0.15, 0.2) is 53.6 Å². The fourth-order valence-electron chi connectivity index (χ4n) is 3.89. The molecule has 1 aliphatic heterocycles. The summed E-state index contributed by atoms with van der Waals surface area (Å²) in [7, 11) is 4.00. The van der Waals surface area contributed by atoms with E-state index in [-0.39, 0.29) is 17.2 Å². The number of amides is 1. The summed E-state index contributed by atoms with van der Waals surface area (Å²) < 4.78 is 0. The second kappa shape index (κ2) is 10.9. The van der Waals surface area contributed by atoms with Gasteiger partial charge in [0.15, 0.2) is 0 Å². The first-order valence-electron chi connectivity index (χ1n) is 11.6. The van der Waals surface area contributed by atoms with Crippen molar-refractivity contribution in [2.45, 2.75) is 19.3 Å². The van der Waals surface area contributed by atoms with Crippen molar-refractivity contribution < 1.29 is 4.79 Å². The lowest BCUT2D eigenvalue weighted by molar-refractivity contribution is 0.102. The molecule has 0 unspecified atom stereocenters. The normalized spacial score (nSPS) is 13.7. The summed E-state index contributed by atoms with van der Waals surface area (Å²) in [6, 6.07) is 10.9. The number of H-pyrrole nitrogens is 1. The van der Waals surface area contributed by atoms with Gasteiger partial charge in [-0.25, -0.2) is 9.97 Å². The smallest absolute Gasteiger partial charge is 0.271 e. The van der Waals surface area contributed by atoms with Gasteiger partial charge >= 0.3 is 0 Å². The minimum Gasteiger partial charge on any atom is -0.372 e. The molecule has 0 bridgehead atoms. The molecule has 1 fully saturated rings. The number of likely N-dealkylation sites (N-methyl/N-ethyl adjacent to an activating group) is 1. The van der Waals surface area contributed by atoms with Crippen molar-refractivity contribution in [1.82, 2.24) is 19.9 Å². The topological polar surface area (TPSA) is 106 Å². The highest BCUT2D eigenvalue weighted by Gasteiger charge is 2.14. The summed E-state index contributed by atoms with van der Waals surface area (Å²) in [6.45, 7) is 3.65. The van der Waals surface area contributed by atoms with Gasteiger partial charge < -0.3 is 25.4 Å². The van der Waals surface area contributed by atoms with Gasteiger partial charge in [-0.15, -0.1) is 0 Å². The van der Waals surface area contributed by atoms with E-state index in [4.69, 9.17) is 0 Å². The van der Waals surface area contributed by atoms with Crippen LogP contribution in [-0.2, 0) is 0 Å². The molecule has 0 atom stereocenters. The summed E-state index contributed by atoms with van der Waals surface area (Å²) >= 11 is 0. The van der Waals surface area contributed by atoms with Gasteiger partial charge in [0, 0.05) is 55.4 Å². The average molecular weight is 462 g/mol. The number of carbonyl (C=O) groups excluding carboxylic acids is 1. The Kier molecular flexibility index (Phi) is 7.54. The number of benzene rings is 1. The molecule has 178 valence electrons. The van der Waals surface area contributed by atoms with E-state index < -0.39 is 0 Å². The van der Waals surface area contributed by atoms with E-state index in [0.717, 1.165) is 25.3 Å². The van der Waals surface area contributed by atoms with Gasteiger partial charge in [-0.2, -0.15) is 0 Å². The first kappa shape index (κ1) is 23.4. The quantitative estimate of drug-likeness (QED) is 0.473. The van der Waals surface area contributed by atoms with Crippen LogP contribution in [0.4, 0.5) is 17.3 Å². The third-order valence-corrected chi connectivity index (χ3v) is 5.80. The minimum atomic E-state index is -0.375. The summed E-state index contributed by atoms with van der Waals surface area (Å²) in [5.74, 6) is 0.173. The monoisotopic (exact) mass is 461 g/mol. The number of carbonyl (C=O) groups is 1. The van der Waals surface area contributed by atoms with Crippen LogP contribution < -0.4 is 21.1 Å². The van der Waals surface area contributed by atoms with Crippen LogP contribution in [0.25, 0.3) is 11.3 Å². The number of aromatic amines is 1. The molecule has 9 heteroatoms. The molecule has 2 aromatic heterocycles. The van der Waals surface area contributed by atoms with Gasteiger partial charge in [-0.3, -0.25) is 9.59 Å². The van der Waals surface area contributed by atoms with Gasteiger partial charge in [-0.1, -0.05) is 0 Å². The van der Waals surface area contributed by atoms with E-state index in [1.165, 1.54) is 19.3 Å². The zero-order valence-electron chi connectivity index (χ0n) is 19.7. The fourth-order valence-corrected chi connectivity index (χ4v) is 3.89. The molecule has 0 saturated carbocycles. The molecule has 0 radical (unpaired) electrons. The van der Waals surface area contributed by atoms with Crippen molar-refractivity contribution in [3.63, 3.8) is 0 Å². The maximum Gasteiger partial charge on any atom is 0.271 e. The SMILES string of the molecule is CN(C)CCNc1nccc(-c2c[nH]c(=O)c(NC(=O)c3ccc(N4CCCCC4)cc3)c2)n1. The first-order chi connectivity index (χ1) is 16.5. The van der Waals surface area contributed by atoms with Crippen molar-refractivity contribution in [3.05, 3.63) is 64.7 Å². The van der Waals surface area contributed by atoms with Crippen LogP contribution in [0, 0.1) is 0 Å². The molecule has 1 saturated heterocycles. The molecular weight excluding hydrogens is 430 g/mol. The Morgan fingerprint density at radius 3 is 2.62 bits per heavy atom. The Labute approximate surface area is 199 Å². The number of rotatable bonds is 8. The van der Waals surface area contributed by atoms with Crippen molar-refractivity contribution in [1.29, 1.82) is 0 Å². The summed E-state index contributed by atoms with van der Waals surface area (Å²) in [5, 5.41) is 5.92. The van der Waals surface area contributed by atoms with Crippen molar-refractivity contribution in [2.24, 2.45) is 0 Å². The Bertz CT molecular complexity index is 1170. The van der Waals surface area contributed by atoms with Crippen LogP contribution in [0.5, 0.6) is 0 Å². The standard InChI is InChI=1S/C25H31N7O2/c1-31(2)15-12-27-25-26-11-10-21(30-25)19-16-22(24(34)28-17-19)29-23(33)18-6-8-20(9-7-18)32-13-4-3-5-14-32/h6-11,16-17H,3-5,12-15H2,1-2H3,(H,28,34)(H,29,33)(H,26,27,30). The molecule has 34 heavy (non-hydrogen) atoms. The minimum absolute atomic E-state index is 0.170. The molecule has 0 spiro atoms.